The van der Waals surface area contributed by atoms with Crippen molar-refractivity contribution in [2.45, 2.75) is 48.9 Å². The Morgan fingerprint density at radius 3 is 2.79 bits per heavy atom. The molecule has 0 saturated carbocycles. The Morgan fingerprint density at radius 1 is 1.24 bits per heavy atom. The Hall–Kier alpha value is -4.60. The van der Waals surface area contributed by atoms with Gasteiger partial charge >= 0.3 is 12.1 Å². The molecule has 13 nitrogen and oxygen atoms in total. The van der Waals surface area contributed by atoms with Gasteiger partial charge in [-0.2, -0.15) is 13.2 Å². The average molecular weight is 589 g/mol. The minimum atomic E-state index is -4.58. The van der Waals surface area contributed by atoms with Crippen molar-refractivity contribution in [3.63, 3.8) is 0 Å². The highest BCUT2D eigenvalue weighted by Crippen LogP contribution is 2.36. The second-order valence-corrected chi connectivity index (χ2v) is 10.6. The topological polar surface area (TPSA) is 194 Å². The molecule has 1 fully saturated rings. The van der Waals surface area contributed by atoms with Crippen LogP contribution in [-0.2, 0) is 12.6 Å². The number of nitrogens with zero attached hydrogens (tertiary/aromatic N) is 3. The molecule has 2 amide bonds. The van der Waals surface area contributed by atoms with Crippen LogP contribution in [0.5, 0.6) is 5.75 Å². The lowest BCUT2D eigenvalue weighted by Crippen LogP contribution is -2.88. The molecule has 0 bridgehead atoms. The highest BCUT2D eigenvalue weighted by molar-refractivity contribution is 5.98. The number of fused-ring (bicyclic) bond motifs is 1. The second-order valence-electron chi connectivity index (χ2n) is 10.6. The fourth-order valence-corrected chi connectivity index (χ4v) is 6.09. The number of aliphatic hydroxyl groups excluding tert-OH is 1. The number of pyridine rings is 1. The van der Waals surface area contributed by atoms with Crippen LogP contribution in [0.2, 0.25) is 0 Å². The van der Waals surface area contributed by atoms with Crippen molar-refractivity contribution < 1.29 is 37.6 Å². The number of amides is 2. The van der Waals surface area contributed by atoms with Gasteiger partial charge in [0.25, 0.3) is 11.8 Å². The van der Waals surface area contributed by atoms with Crippen molar-refractivity contribution in [2.24, 2.45) is 16.5 Å². The molecule has 222 valence electrons. The smallest absolute Gasteiger partial charge is 0.417 e. The number of benzene rings is 1. The highest BCUT2D eigenvalue weighted by atomic mass is 19.4. The van der Waals surface area contributed by atoms with Crippen molar-refractivity contribution in [3.05, 3.63) is 58.9 Å². The third-order valence-corrected chi connectivity index (χ3v) is 8.03. The first-order valence-corrected chi connectivity index (χ1v) is 13.3. The molecule has 1 aromatic carbocycles. The number of nitrogens with one attached hydrogen (secondary N) is 4. The molecule has 9 N–H and O–H groups in total. The predicted molar refractivity (Wildman–Crippen MR) is 141 cm³/mol. The summed E-state index contributed by atoms with van der Waals surface area (Å²) in [7, 11) is 0. The third-order valence-electron chi connectivity index (χ3n) is 8.03. The van der Waals surface area contributed by atoms with E-state index in [1.54, 1.807) is 17.0 Å². The molecule has 1 unspecified atom stereocenters. The van der Waals surface area contributed by atoms with E-state index in [9.17, 15) is 27.9 Å². The molecule has 5 heterocycles. The van der Waals surface area contributed by atoms with Crippen LogP contribution in [0.3, 0.4) is 0 Å². The first-order chi connectivity index (χ1) is 20.0. The number of hydrogen-bond acceptors (Lipinski definition) is 10. The Labute approximate surface area is 237 Å². The van der Waals surface area contributed by atoms with Gasteiger partial charge in [0.1, 0.15) is 23.6 Å². The highest BCUT2D eigenvalue weighted by Gasteiger charge is 2.68. The number of carbonyl (C=O) groups is 2. The number of para-hydroxylation sites is 1. The van der Waals surface area contributed by atoms with Crippen molar-refractivity contribution in [3.8, 4) is 5.75 Å². The lowest BCUT2D eigenvalue weighted by atomic mass is 9.87. The number of hydrogen-bond donors (Lipinski definition) is 7. The molecule has 1 saturated heterocycles. The van der Waals surface area contributed by atoms with Gasteiger partial charge in [-0.1, -0.05) is 12.1 Å². The molecule has 1 spiro atoms. The molecular weight excluding hydrogens is 559 g/mol. The largest absolute Gasteiger partial charge is 0.492 e. The van der Waals surface area contributed by atoms with Crippen LogP contribution in [0.4, 0.5) is 13.2 Å². The maximum atomic E-state index is 13.3. The summed E-state index contributed by atoms with van der Waals surface area (Å²) >= 11 is 0. The van der Waals surface area contributed by atoms with Crippen molar-refractivity contribution in [2.75, 3.05) is 19.7 Å². The number of halogens is 3. The molecular formula is C26H29F3N9O4+. The molecule has 42 heavy (non-hydrogen) atoms. The van der Waals surface area contributed by atoms with Gasteiger partial charge in [-0.05, 0) is 36.6 Å². The van der Waals surface area contributed by atoms with Gasteiger partial charge in [0.2, 0.25) is 5.66 Å². The Balaban J connectivity index is 1.19. The van der Waals surface area contributed by atoms with Crippen LogP contribution in [0, 0.1) is 0 Å². The summed E-state index contributed by atoms with van der Waals surface area (Å²) in [4.78, 5) is 38.8. The van der Waals surface area contributed by atoms with Crippen molar-refractivity contribution in [1.82, 2.24) is 25.8 Å². The Kier molecular flexibility index (Phi) is 6.59. The summed E-state index contributed by atoms with van der Waals surface area (Å²) in [6.07, 6.45) is -3.58. The van der Waals surface area contributed by atoms with E-state index in [-0.39, 0.29) is 30.7 Å². The number of aromatic nitrogens is 1. The van der Waals surface area contributed by atoms with Gasteiger partial charge in [0.15, 0.2) is 12.0 Å². The summed E-state index contributed by atoms with van der Waals surface area (Å²) < 4.78 is 44.3. The Bertz CT molecular complexity index is 1480. The zero-order chi connectivity index (χ0) is 29.8. The normalized spacial score (nSPS) is 27.9. The molecule has 0 aliphatic carbocycles. The van der Waals surface area contributed by atoms with Gasteiger partial charge in [0, 0.05) is 19.3 Å². The van der Waals surface area contributed by atoms with E-state index in [4.69, 9.17) is 16.2 Å². The van der Waals surface area contributed by atoms with E-state index < -0.39 is 53.4 Å². The number of aryl methyl sites for hydroxylation is 1. The fraction of sp³-hybridized carbons (Fsp3) is 0.423. The zero-order valence-electron chi connectivity index (χ0n) is 22.1. The summed E-state index contributed by atoms with van der Waals surface area (Å²) in [5.41, 5.74) is 11.2. The minimum Gasteiger partial charge on any atom is -0.492 e. The van der Waals surface area contributed by atoms with E-state index in [2.05, 4.69) is 30.9 Å². The lowest BCUT2D eigenvalue weighted by molar-refractivity contribution is -0.513. The SMILES string of the molecule is NC1=N[C@@H](CNC(=O)c2ccc(C(F)(F)F)cn2)[C@@H]2[NH+]=C(N)N[C@@]23[C@H](O)C(NC(=O)c2cccc4c2OCCC4)CN13. The maximum absolute atomic E-state index is 13.3. The van der Waals surface area contributed by atoms with Gasteiger partial charge in [-0.25, -0.2) is 10.3 Å². The monoisotopic (exact) mass is 588 g/mol. The van der Waals surface area contributed by atoms with E-state index >= 15 is 0 Å². The molecule has 5 atom stereocenters. The number of rotatable bonds is 5. The maximum Gasteiger partial charge on any atom is 0.417 e. The molecule has 2 aromatic rings. The molecule has 4 aliphatic heterocycles. The molecule has 6 rings (SSSR count). The molecule has 16 heteroatoms. The van der Waals surface area contributed by atoms with Crippen molar-refractivity contribution in [1.29, 1.82) is 0 Å². The molecule has 1 aromatic heterocycles. The second kappa shape index (κ2) is 10.0. The number of nitrogens with two attached hydrogens (primary N) is 2. The standard InChI is InChI=1S/C26H28F3N9O4/c27-26(28,29)13-6-7-15(32-9-13)22(41)33-10-16-19-25(37-23(30)36-19)20(39)17(11-38(25)24(31)35-16)34-21(40)14-5-1-3-12-4-2-8-42-18(12)14/h1,3,5-7,9,16-17,19-20,39H,2,4,8,10-11H2,(H2,31,35)(H,33,41)(H,34,40)(H3,30,36,37)/p+1/t16-,17?,19-,20+,25-/m0/s1. The van der Waals surface area contributed by atoms with Crippen LogP contribution in [0.15, 0.2) is 41.5 Å². The van der Waals surface area contributed by atoms with Crippen LogP contribution >= 0.6 is 0 Å². The number of aliphatic hydroxyl groups is 1. The van der Waals surface area contributed by atoms with E-state index in [0.29, 0.717) is 24.1 Å². The third kappa shape index (κ3) is 4.51. The zero-order valence-corrected chi connectivity index (χ0v) is 22.1. The number of alkyl halides is 3. The first-order valence-electron chi connectivity index (χ1n) is 13.3. The fourth-order valence-electron chi connectivity index (χ4n) is 6.09. The van der Waals surface area contributed by atoms with Crippen LogP contribution in [0.25, 0.3) is 0 Å². The summed E-state index contributed by atoms with van der Waals surface area (Å²) in [6.45, 7) is 0.499. The lowest BCUT2D eigenvalue weighted by Gasteiger charge is -2.43. The van der Waals surface area contributed by atoms with E-state index in [1.807, 2.05) is 6.07 Å². The molecule has 0 radical (unpaired) electrons. The van der Waals surface area contributed by atoms with Gasteiger partial charge in [-0.3, -0.25) is 25.3 Å². The van der Waals surface area contributed by atoms with Crippen LogP contribution in [0.1, 0.15) is 38.4 Å². The van der Waals surface area contributed by atoms with Crippen LogP contribution in [-0.4, -0.2) is 88.3 Å². The summed E-state index contributed by atoms with van der Waals surface area (Å²) in [5, 5.41) is 20.2. The minimum absolute atomic E-state index is 0.0402. The number of ether oxygens (including phenoxy) is 1. The number of carbonyl (C=O) groups excluding carboxylic acids is 2. The quantitative estimate of drug-likeness (QED) is 0.196. The van der Waals surface area contributed by atoms with Crippen LogP contribution < -0.4 is 37.1 Å². The van der Waals surface area contributed by atoms with Gasteiger partial charge in [0.05, 0.1) is 23.8 Å². The van der Waals surface area contributed by atoms with Gasteiger partial charge in [-0.15, -0.1) is 0 Å². The number of aliphatic imine (C=N–C) groups is 1. The molecule has 4 aliphatic rings. The average Bonchev–Trinajstić information content (AvgIpc) is 3.46. The van der Waals surface area contributed by atoms with E-state index in [0.717, 1.165) is 30.5 Å². The Morgan fingerprint density at radius 2 is 2.05 bits per heavy atom. The summed E-state index contributed by atoms with van der Waals surface area (Å²) in [5.74, 6) is -0.440. The summed E-state index contributed by atoms with van der Waals surface area (Å²) in [6, 6.07) is 4.84. The predicted octanol–water partition coefficient (Wildman–Crippen LogP) is -2.61. The number of guanidine groups is 2. The van der Waals surface area contributed by atoms with Gasteiger partial charge < -0.3 is 31.1 Å². The first kappa shape index (κ1) is 27.6. The van der Waals surface area contributed by atoms with Crippen molar-refractivity contribution >= 4 is 23.7 Å². The van der Waals surface area contributed by atoms with E-state index in [1.165, 1.54) is 0 Å².